The van der Waals surface area contributed by atoms with Crippen LogP contribution in [0.5, 0.6) is 0 Å². The fraction of sp³-hybridized carbons (Fsp3) is 0.667. The summed E-state index contributed by atoms with van der Waals surface area (Å²) < 4.78 is 1.17. The van der Waals surface area contributed by atoms with Crippen molar-refractivity contribution in [3.05, 3.63) is 20.8 Å². The predicted octanol–water partition coefficient (Wildman–Crippen LogP) is 3.46. The molecule has 0 spiro atoms. The van der Waals surface area contributed by atoms with E-state index in [2.05, 4.69) is 28.1 Å². The van der Waals surface area contributed by atoms with Crippen LogP contribution in [0.1, 0.15) is 24.1 Å². The molecule has 0 aromatic carbocycles. The van der Waals surface area contributed by atoms with Gasteiger partial charge in [-0.25, -0.2) is 0 Å². The van der Waals surface area contributed by atoms with Gasteiger partial charge < -0.3 is 5.11 Å². The Bertz CT molecular complexity index is 352. The lowest BCUT2D eigenvalue weighted by atomic mass is 9.94. The van der Waals surface area contributed by atoms with Crippen LogP contribution in [0.15, 0.2) is 15.9 Å². The summed E-state index contributed by atoms with van der Waals surface area (Å²) in [6.07, 6.45) is 4.73. The van der Waals surface area contributed by atoms with Gasteiger partial charge in [0.1, 0.15) is 0 Å². The zero-order valence-electron chi connectivity index (χ0n) is 8.53. The highest BCUT2D eigenvalue weighted by Crippen LogP contribution is 2.55. The Labute approximate surface area is 103 Å². The van der Waals surface area contributed by atoms with Gasteiger partial charge in [-0.15, -0.1) is 11.3 Å². The molecule has 82 valence electrons. The van der Waals surface area contributed by atoms with Gasteiger partial charge in [0.25, 0.3) is 0 Å². The zero-order chi connectivity index (χ0) is 10.4. The second-order valence-corrected chi connectivity index (χ2v) is 7.51. The molecule has 15 heavy (non-hydrogen) atoms. The summed E-state index contributed by atoms with van der Waals surface area (Å²) >= 11 is 5.20. The van der Waals surface area contributed by atoms with Crippen LogP contribution in [0.2, 0.25) is 0 Å². The molecule has 2 aliphatic carbocycles. The van der Waals surface area contributed by atoms with Gasteiger partial charge in [-0.1, -0.05) is 0 Å². The highest BCUT2D eigenvalue weighted by atomic mass is 79.9. The van der Waals surface area contributed by atoms with Crippen LogP contribution in [-0.4, -0.2) is 11.2 Å². The standard InChI is InChI=1S/C12H15BrOS/c13-12-2-1-10(15-12)6-11(14)9-4-7-3-8(7)5-9/h1-2,7-9,11,14H,3-6H2. The molecule has 0 aliphatic heterocycles. The molecule has 2 saturated carbocycles. The van der Waals surface area contributed by atoms with Crippen molar-refractivity contribution in [2.24, 2.45) is 17.8 Å². The van der Waals surface area contributed by atoms with E-state index in [1.54, 1.807) is 11.3 Å². The van der Waals surface area contributed by atoms with Crippen molar-refractivity contribution in [3.8, 4) is 0 Å². The van der Waals surface area contributed by atoms with Gasteiger partial charge in [-0.3, -0.25) is 0 Å². The molecule has 0 radical (unpaired) electrons. The van der Waals surface area contributed by atoms with Crippen LogP contribution in [0, 0.1) is 17.8 Å². The summed E-state index contributed by atoms with van der Waals surface area (Å²) in [5.41, 5.74) is 0. The zero-order valence-corrected chi connectivity index (χ0v) is 10.9. The molecule has 1 aromatic rings. The van der Waals surface area contributed by atoms with E-state index in [9.17, 15) is 5.11 Å². The lowest BCUT2D eigenvalue weighted by molar-refractivity contribution is 0.105. The Hall–Kier alpha value is 0.140. The third-order valence-electron chi connectivity index (χ3n) is 3.86. The molecule has 3 unspecified atom stereocenters. The Morgan fingerprint density at radius 2 is 2.07 bits per heavy atom. The minimum Gasteiger partial charge on any atom is -0.392 e. The molecule has 1 N–H and O–H groups in total. The SMILES string of the molecule is OC(Cc1ccc(Br)s1)C1CC2CC2C1. The second-order valence-electron chi connectivity index (χ2n) is 4.96. The quantitative estimate of drug-likeness (QED) is 0.902. The van der Waals surface area contributed by atoms with Crippen molar-refractivity contribution in [1.29, 1.82) is 0 Å². The predicted molar refractivity (Wildman–Crippen MR) is 66.1 cm³/mol. The summed E-state index contributed by atoms with van der Waals surface area (Å²) in [7, 11) is 0. The van der Waals surface area contributed by atoms with E-state index in [-0.39, 0.29) is 6.10 Å². The normalized spacial score (nSPS) is 35.2. The molecule has 0 bridgehead atoms. The van der Waals surface area contributed by atoms with Crippen molar-refractivity contribution < 1.29 is 5.11 Å². The van der Waals surface area contributed by atoms with Crippen LogP contribution in [0.25, 0.3) is 0 Å². The van der Waals surface area contributed by atoms with E-state index >= 15 is 0 Å². The number of hydrogen-bond donors (Lipinski definition) is 1. The minimum absolute atomic E-state index is 0.108. The molecule has 1 aromatic heterocycles. The van der Waals surface area contributed by atoms with Gasteiger partial charge in [0.05, 0.1) is 9.89 Å². The number of halogens is 1. The number of hydrogen-bond acceptors (Lipinski definition) is 2. The molecule has 3 heteroatoms. The van der Waals surface area contributed by atoms with Crippen molar-refractivity contribution in [3.63, 3.8) is 0 Å². The van der Waals surface area contributed by atoms with Gasteiger partial charge in [-0.05, 0) is 65.1 Å². The van der Waals surface area contributed by atoms with Crippen LogP contribution in [0.3, 0.4) is 0 Å². The molecule has 3 rings (SSSR count). The average molecular weight is 287 g/mol. The van der Waals surface area contributed by atoms with E-state index < -0.39 is 0 Å². The highest BCUT2D eigenvalue weighted by Gasteiger charge is 2.47. The van der Waals surface area contributed by atoms with E-state index in [0.717, 1.165) is 18.3 Å². The van der Waals surface area contributed by atoms with Gasteiger partial charge in [0.15, 0.2) is 0 Å². The topological polar surface area (TPSA) is 20.2 Å². The molecular formula is C12H15BrOS. The molecule has 3 atom stereocenters. The van der Waals surface area contributed by atoms with Gasteiger partial charge in [-0.2, -0.15) is 0 Å². The third-order valence-corrected chi connectivity index (χ3v) is 5.51. The number of aliphatic hydroxyl groups is 1. The van der Waals surface area contributed by atoms with Crippen LogP contribution < -0.4 is 0 Å². The van der Waals surface area contributed by atoms with E-state index in [1.165, 1.54) is 27.9 Å². The number of rotatable bonds is 3. The summed E-state index contributed by atoms with van der Waals surface area (Å²) in [5, 5.41) is 10.1. The first-order valence-corrected chi connectivity index (χ1v) is 7.25. The molecule has 2 aliphatic rings. The molecule has 1 heterocycles. The summed E-state index contributed by atoms with van der Waals surface area (Å²) in [6.45, 7) is 0. The maximum Gasteiger partial charge on any atom is 0.0701 e. The smallest absolute Gasteiger partial charge is 0.0701 e. The van der Waals surface area contributed by atoms with Crippen molar-refractivity contribution >= 4 is 27.3 Å². The Morgan fingerprint density at radius 1 is 1.33 bits per heavy atom. The Kier molecular flexibility index (Phi) is 2.65. The van der Waals surface area contributed by atoms with Crippen molar-refractivity contribution in [2.45, 2.75) is 31.8 Å². The first-order chi connectivity index (χ1) is 7.22. The van der Waals surface area contributed by atoms with Crippen molar-refractivity contribution in [1.82, 2.24) is 0 Å². The van der Waals surface area contributed by atoms with Crippen molar-refractivity contribution in [2.75, 3.05) is 0 Å². The van der Waals surface area contributed by atoms with E-state index in [4.69, 9.17) is 0 Å². The van der Waals surface area contributed by atoms with Crippen LogP contribution >= 0.6 is 27.3 Å². The minimum atomic E-state index is -0.108. The Morgan fingerprint density at radius 3 is 2.67 bits per heavy atom. The first kappa shape index (κ1) is 10.3. The Balaban J connectivity index is 1.58. The number of thiophene rings is 1. The van der Waals surface area contributed by atoms with E-state index in [0.29, 0.717) is 5.92 Å². The van der Waals surface area contributed by atoms with Gasteiger partial charge in [0, 0.05) is 11.3 Å². The molecule has 2 fully saturated rings. The second kappa shape index (κ2) is 3.86. The summed E-state index contributed by atoms with van der Waals surface area (Å²) in [4.78, 5) is 1.30. The maximum absolute atomic E-state index is 10.1. The van der Waals surface area contributed by atoms with Gasteiger partial charge in [0.2, 0.25) is 0 Å². The molecule has 1 nitrogen and oxygen atoms in total. The number of aliphatic hydroxyl groups excluding tert-OH is 1. The third kappa shape index (κ3) is 2.15. The molecule has 0 saturated heterocycles. The highest BCUT2D eigenvalue weighted by molar-refractivity contribution is 9.11. The van der Waals surface area contributed by atoms with Gasteiger partial charge >= 0.3 is 0 Å². The lowest BCUT2D eigenvalue weighted by Gasteiger charge is -2.18. The van der Waals surface area contributed by atoms with Crippen LogP contribution in [0.4, 0.5) is 0 Å². The average Bonchev–Trinajstić information content (AvgIpc) is 2.61. The summed E-state index contributed by atoms with van der Waals surface area (Å²) in [5.74, 6) is 2.52. The first-order valence-electron chi connectivity index (χ1n) is 5.64. The summed E-state index contributed by atoms with van der Waals surface area (Å²) in [6, 6.07) is 4.19. The molecular weight excluding hydrogens is 272 g/mol. The van der Waals surface area contributed by atoms with E-state index in [1.807, 2.05) is 0 Å². The number of fused-ring (bicyclic) bond motifs is 1. The largest absolute Gasteiger partial charge is 0.392 e. The molecule has 0 amide bonds. The monoisotopic (exact) mass is 286 g/mol. The fourth-order valence-corrected chi connectivity index (χ4v) is 4.44. The fourth-order valence-electron chi connectivity index (χ4n) is 2.91. The lowest BCUT2D eigenvalue weighted by Crippen LogP contribution is -2.21. The van der Waals surface area contributed by atoms with Crippen LogP contribution in [-0.2, 0) is 6.42 Å². The maximum atomic E-state index is 10.1.